The number of halogens is 3. The van der Waals surface area contributed by atoms with Crippen molar-refractivity contribution in [2.75, 3.05) is 13.1 Å². The van der Waals surface area contributed by atoms with E-state index in [9.17, 15) is 18.3 Å². The first-order valence-electron chi connectivity index (χ1n) is 11.2. The van der Waals surface area contributed by atoms with Crippen molar-refractivity contribution < 1.29 is 18.3 Å². The number of imidazole rings is 1. The van der Waals surface area contributed by atoms with Crippen LogP contribution in [-0.2, 0) is 5.60 Å². The maximum atomic E-state index is 14.2. The lowest BCUT2D eigenvalue weighted by Crippen LogP contribution is -2.49. The summed E-state index contributed by atoms with van der Waals surface area (Å²) in [5, 5.41) is 15.4. The third kappa shape index (κ3) is 3.67. The van der Waals surface area contributed by atoms with E-state index >= 15 is 0 Å². The number of alkyl halides is 3. The van der Waals surface area contributed by atoms with Crippen molar-refractivity contribution in [3.05, 3.63) is 60.8 Å². The zero-order valence-corrected chi connectivity index (χ0v) is 18.8. The SMILES string of the molecule is CC(C)N1CCC([C@@](O)(c2ccc(-n3cc(-c4ccnc5nc[nH]c45)cn3)cc2)C(F)(F)F)C1. The number of hydrogen-bond donors (Lipinski definition) is 2. The van der Waals surface area contributed by atoms with Crippen molar-refractivity contribution >= 4 is 11.2 Å². The van der Waals surface area contributed by atoms with Crippen molar-refractivity contribution in [2.45, 2.75) is 38.1 Å². The number of aromatic amines is 1. The molecule has 4 aromatic rings. The van der Waals surface area contributed by atoms with Crippen LogP contribution in [0.3, 0.4) is 0 Å². The molecule has 0 bridgehead atoms. The average Bonchev–Trinajstić information content (AvgIpc) is 3.58. The molecule has 2 N–H and O–H groups in total. The van der Waals surface area contributed by atoms with Gasteiger partial charge in [0.15, 0.2) is 11.2 Å². The Morgan fingerprint density at radius 3 is 2.56 bits per heavy atom. The average molecular weight is 470 g/mol. The Morgan fingerprint density at radius 1 is 1.12 bits per heavy atom. The molecule has 2 atom stereocenters. The van der Waals surface area contributed by atoms with Crippen LogP contribution in [0, 0.1) is 5.92 Å². The van der Waals surface area contributed by atoms with E-state index in [1.807, 2.05) is 24.8 Å². The number of aromatic nitrogens is 5. The second kappa shape index (κ2) is 8.21. The van der Waals surface area contributed by atoms with Crippen LogP contribution in [0.25, 0.3) is 28.0 Å². The summed E-state index contributed by atoms with van der Waals surface area (Å²) < 4.78 is 44.1. The summed E-state index contributed by atoms with van der Waals surface area (Å²) in [6.45, 7) is 4.64. The van der Waals surface area contributed by atoms with Crippen molar-refractivity contribution in [3.63, 3.8) is 0 Å². The molecule has 0 amide bonds. The van der Waals surface area contributed by atoms with Gasteiger partial charge in [-0.15, -0.1) is 0 Å². The molecule has 34 heavy (non-hydrogen) atoms. The third-order valence-corrected chi connectivity index (χ3v) is 6.77. The minimum absolute atomic E-state index is 0.127. The van der Waals surface area contributed by atoms with E-state index in [4.69, 9.17) is 0 Å². The standard InChI is InChI=1S/C24H25F3N6O/c1-15(2)32-10-8-18(13-32)23(34,24(25,26)27)17-3-5-19(6-4-17)33-12-16(11-31-33)20-7-9-28-22-21(20)29-14-30-22/h3-7,9,11-12,14-15,18,34H,8,10,13H2,1-2H3,(H,28,29,30)/t18?,23-/m0/s1. The zero-order valence-electron chi connectivity index (χ0n) is 18.8. The molecule has 1 fully saturated rings. The predicted octanol–water partition coefficient (Wildman–Crippen LogP) is 4.29. The minimum Gasteiger partial charge on any atom is -0.376 e. The molecular formula is C24H25F3N6O. The molecule has 1 aliphatic heterocycles. The van der Waals surface area contributed by atoms with Gasteiger partial charge in [-0.05, 0) is 50.6 Å². The van der Waals surface area contributed by atoms with E-state index in [1.54, 1.807) is 41.7 Å². The maximum Gasteiger partial charge on any atom is 0.421 e. The molecular weight excluding hydrogens is 445 g/mol. The Kier molecular flexibility index (Phi) is 5.44. The first kappa shape index (κ1) is 22.5. The normalized spacial score (nSPS) is 19.2. The van der Waals surface area contributed by atoms with E-state index in [1.165, 1.54) is 12.1 Å². The molecule has 7 nitrogen and oxygen atoms in total. The van der Waals surface area contributed by atoms with Gasteiger partial charge < -0.3 is 15.0 Å². The fraction of sp³-hybridized carbons (Fsp3) is 0.375. The highest BCUT2D eigenvalue weighted by atomic mass is 19.4. The van der Waals surface area contributed by atoms with Gasteiger partial charge in [-0.25, -0.2) is 14.6 Å². The highest BCUT2D eigenvalue weighted by molar-refractivity contribution is 5.88. The molecule has 4 heterocycles. The number of hydrogen-bond acceptors (Lipinski definition) is 5. The number of nitrogens with one attached hydrogen (secondary N) is 1. The number of likely N-dealkylation sites (tertiary alicyclic amines) is 1. The fourth-order valence-electron chi connectivity index (χ4n) is 4.79. The van der Waals surface area contributed by atoms with Crippen LogP contribution in [0.4, 0.5) is 13.2 Å². The van der Waals surface area contributed by atoms with Gasteiger partial charge in [0.25, 0.3) is 0 Å². The number of pyridine rings is 1. The van der Waals surface area contributed by atoms with E-state index in [0.717, 1.165) is 16.6 Å². The lowest BCUT2D eigenvalue weighted by Gasteiger charge is -2.36. The number of rotatable bonds is 5. The molecule has 1 saturated heterocycles. The van der Waals surface area contributed by atoms with Gasteiger partial charge in [0.1, 0.15) is 0 Å². The van der Waals surface area contributed by atoms with Crippen LogP contribution in [0.15, 0.2) is 55.2 Å². The lowest BCUT2D eigenvalue weighted by atomic mass is 9.80. The van der Waals surface area contributed by atoms with Crippen LogP contribution >= 0.6 is 0 Å². The molecule has 0 spiro atoms. The highest BCUT2D eigenvalue weighted by Crippen LogP contribution is 2.48. The van der Waals surface area contributed by atoms with Crippen LogP contribution in [0.1, 0.15) is 25.8 Å². The first-order valence-corrected chi connectivity index (χ1v) is 11.2. The predicted molar refractivity (Wildman–Crippen MR) is 121 cm³/mol. The van der Waals surface area contributed by atoms with Crippen LogP contribution < -0.4 is 0 Å². The summed E-state index contributed by atoms with van der Waals surface area (Å²) in [5.74, 6) is -0.930. The number of fused-ring (bicyclic) bond motifs is 1. The molecule has 5 rings (SSSR count). The van der Waals surface area contributed by atoms with Gasteiger partial charge in [0, 0.05) is 42.0 Å². The van der Waals surface area contributed by atoms with Crippen molar-refractivity contribution in [3.8, 4) is 16.8 Å². The molecule has 3 aromatic heterocycles. The smallest absolute Gasteiger partial charge is 0.376 e. The number of nitrogens with zero attached hydrogens (tertiary/aromatic N) is 5. The van der Waals surface area contributed by atoms with Crippen molar-refractivity contribution in [1.29, 1.82) is 0 Å². The maximum absolute atomic E-state index is 14.2. The van der Waals surface area contributed by atoms with Crippen LogP contribution in [-0.4, -0.2) is 60.0 Å². The monoisotopic (exact) mass is 470 g/mol. The second-order valence-electron chi connectivity index (χ2n) is 9.02. The molecule has 1 aliphatic rings. The summed E-state index contributed by atoms with van der Waals surface area (Å²) >= 11 is 0. The van der Waals surface area contributed by atoms with Gasteiger partial charge in [0.05, 0.1) is 23.7 Å². The largest absolute Gasteiger partial charge is 0.421 e. The summed E-state index contributed by atoms with van der Waals surface area (Å²) in [6.07, 6.45) is 2.18. The van der Waals surface area contributed by atoms with Gasteiger partial charge in [-0.3, -0.25) is 0 Å². The van der Waals surface area contributed by atoms with E-state index in [0.29, 0.717) is 17.9 Å². The van der Waals surface area contributed by atoms with Gasteiger partial charge in [0.2, 0.25) is 0 Å². The van der Waals surface area contributed by atoms with Gasteiger partial charge in [-0.1, -0.05) is 12.1 Å². The van der Waals surface area contributed by atoms with Gasteiger partial charge in [-0.2, -0.15) is 18.3 Å². The molecule has 0 aliphatic carbocycles. The van der Waals surface area contributed by atoms with Crippen LogP contribution in [0.5, 0.6) is 0 Å². The molecule has 0 saturated carbocycles. The number of aliphatic hydroxyl groups is 1. The van der Waals surface area contributed by atoms with Crippen LogP contribution in [0.2, 0.25) is 0 Å². The Bertz CT molecular complexity index is 1300. The quantitative estimate of drug-likeness (QED) is 0.455. The summed E-state index contributed by atoms with van der Waals surface area (Å²) in [7, 11) is 0. The van der Waals surface area contributed by atoms with Gasteiger partial charge >= 0.3 is 6.18 Å². The zero-order chi connectivity index (χ0) is 24.1. The topological polar surface area (TPSA) is 82.9 Å². The second-order valence-corrected chi connectivity index (χ2v) is 9.02. The lowest BCUT2D eigenvalue weighted by molar-refractivity contribution is -0.285. The Balaban J connectivity index is 1.45. The Hall–Kier alpha value is -3.24. The molecule has 10 heteroatoms. The molecule has 178 valence electrons. The molecule has 0 radical (unpaired) electrons. The van der Waals surface area contributed by atoms with E-state index in [2.05, 4.69) is 20.1 Å². The summed E-state index contributed by atoms with van der Waals surface area (Å²) in [4.78, 5) is 13.4. The highest BCUT2D eigenvalue weighted by Gasteiger charge is 2.60. The number of H-pyrrole nitrogens is 1. The minimum atomic E-state index is -4.79. The van der Waals surface area contributed by atoms with Crippen molar-refractivity contribution in [2.24, 2.45) is 5.92 Å². The Labute approximate surface area is 194 Å². The molecule has 1 unspecified atom stereocenters. The summed E-state index contributed by atoms with van der Waals surface area (Å²) in [6, 6.07) is 7.77. The Morgan fingerprint density at radius 2 is 1.88 bits per heavy atom. The fourth-order valence-corrected chi connectivity index (χ4v) is 4.79. The molecule has 1 aromatic carbocycles. The van der Waals surface area contributed by atoms with E-state index < -0.39 is 17.7 Å². The summed E-state index contributed by atoms with van der Waals surface area (Å²) in [5.41, 5.74) is 0.571. The third-order valence-electron chi connectivity index (χ3n) is 6.77. The first-order chi connectivity index (χ1) is 16.2. The van der Waals surface area contributed by atoms with Crippen molar-refractivity contribution in [1.82, 2.24) is 29.6 Å². The number of benzene rings is 1. The van der Waals surface area contributed by atoms with E-state index in [-0.39, 0.29) is 24.6 Å².